The van der Waals surface area contributed by atoms with Crippen molar-refractivity contribution in [3.05, 3.63) is 92.4 Å². The molecule has 0 saturated carbocycles. The first kappa shape index (κ1) is 29.3. The number of nitro groups is 1. The van der Waals surface area contributed by atoms with Crippen molar-refractivity contribution in [2.45, 2.75) is 18.7 Å². The van der Waals surface area contributed by atoms with Crippen molar-refractivity contribution in [1.82, 2.24) is 4.90 Å². The SMILES string of the molecule is COc1cc(/C=C2\SC(=O)N(CC(=O)Nc3ccc(C)cc3C)C2=O)ccc1OS(=O)(=O)c1ccccc1[N+](=O)[O-]. The molecule has 0 atom stereocenters. The van der Waals surface area contributed by atoms with E-state index >= 15 is 0 Å². The summed E-state index contributed by atoms with van der Waals surface area (Å²) in [5.74, 6) is -1.51. The average molecular weight is 598 g/mol. The Labute approximate surface area is 239 Å². The summed E-state index contributed by atoms with van der Waals surface area (Å²) in [4.78, 5) is 48.6. The van der Waals surface area contributed by atoms with Crippen molar-refractivity contribution in [3.8, 4) is 11.5 Å². The van der Waals surface area contributed by atoms with Gasteiger partial charge in [-0.25, -0.2) is 0 Å². The summed E-state index contributed by atoms with van der Waals surface area (Å²) in [6, 6.07) is 14.2. The van der Waals surface area contributed by atoms with E-state index in [1.165, 1.54) is 43.5 Å². The molecule has 0 unspecified atom stereocenters. The predicted octanol–water partition coefficient (Wildman–Crippen LogP) is 4.66. The number of nitrogens with one attached hydrogen (secondary N) is 1. The van der Waals surface area contributed by atoms with Crippen LogP contribution in [0.4, 0.5) is 16.2 Å². The van der Waals surface area contributed by atoms with Crippen LogP contribution < -0.4 is 14.2 Å². The Balaban J connectivity index is 1.51. The highest BCUT2D eigenvalue weighted by molar-refractivity contribution is 8.18. The fourth-order valence-electron chi connectivity index (χ4n) is 3.90. The highest BCUT2D eigenvalue weighted by atomic mass is 32.2. The molecule has 1 heterocycles. The second-order valence-corrected chi connectivity index (χ2v) is 11.3. The lowest BCUT2D eigenvalue weighted by Gasteiger charge is -2.14. The first-order chi connectivity index (χ1) is 19.4. The number of hydrogen-bond donors (Lipinski definition) is 1. The van der Waals surface area contributed by atoms with E-state index in [0.717, 1.165) is 28.2 Å². The molecule has 12 nitrogen and oxygen atoms in total. The van der Waals surface area contributed by atoms with Gasteiger partial charge in [0.25, 0.3) is 16.8 Å². The number of nitrogens with zero attached hydrogens (tertiary/aromatic N) is 2. The lowest BCUT2D eigenvalue weighted by Crippen LogP contribution is -2.36. The Morgan fingerprint density at radius 2 is 1.80 bits per heavy atom. The second-order valence-electron chi connectivity index (χ2n) is 8.81. The van der Waals surface area contributed by atoms with Gasteiger partial charge in [0.05, 0.1) is 16.9 Å². The highest BCUT2D eigenvalue weighted by Gasteiger charge is 2.36. The Kier molecular flexibility index (Phi) is 8.44. The molecule has 0 radical (unpaired) electrons. The molecule has 1 fully saturated rings. The average Bonchev–Trinajstić information content (AvgIpc) is 3.18. The number of hydrogen-bond acceptors (Lipinski definition) is 10. The van der Waals surface area contributed by atoms with E-state index in [-0.39, 0.29) is 16.4 Å². The number of aryl methyl sites for hydroxylation is 2. The van der Waals surface area contributed by atoms with Crippen LogP contribution in [0, 0.1) is 24.0 Å². The molecule has 3 aromatic rings. The minimum Gasteiger partial charge on any atom is -0.493 e. The number of imide groups is 1. The third-order valence-corrected chi connectivity index (χ3v) is 8.04. The summed E-state index contributed by atoms with van der Waals surface area (Å²) < 4.78 is 35.9. The minimum absolute atomic E-state index is 0.0394. The third-order valence-electron chi connectivity index (χ3n) is 5.85. The Bertz CT molecular complexity index is 1720. The molecule has 0 aromatic heterocycles. The molecule has 1 aliphatic rings. The molecule has 3 amide bonds. The Hall–Kier alpha value is -4.69. The number of para-hydroxylation sites is 1. The Morgan fingerprint density at radius 3 is 2.49 bits per heavy atom. The smallest absolute Gasteiger partial charge is 0.346 e. The van der Waals surface area contributed by atoms with Crippen molar-refractivity contribution in [3.63, 3.8) is 0 Å². The summed E-state index contributed by atoms with van der Waals surface area (Å²) >= 11 is 0.646. The molecular formula is C27H23N3O9S2. The fourth-order valence-corrected chi connectivity index (χ4v) is 5.85. The fraction of sp³-hybridized carbons (Fsp3) is 0.148. The number of nitro benzene ring substituents is 1. The van der Waals surface area contributed by atoms with E-state index in [1.54, 1.807) is 6.07 Å². The van der Waals surface area contributed by atoms with Crippen LogP contribution in [0.2, 0.25) is 0 Å². The van der Waals surface area contributed by atoms with Gasteiger partial charge in [0.15, 0.2) is 16.4 Å². The summed E-state index contributed by atoms with van der Waals surface area (Å²) in [6.07, 6.45) is 1.38. The zero-order valence-electron chi connectivity index (χ0n) is 21.9. The van der Waals surface area contributed by atoms with Crippen LogP contribution in [0.15, 0.2) is 70.5 Å². The maximum atomic E-state index is 12.9. The monoisotopic (exact) mass is 597 g/mol. The topological polar surface area (TPSA) is 162 Å². The van der Waals surface area contributed by atoms with Crippen LogP contribution in [0.5, 0.6) is 11.5 Å². The maximum absolute atomic E-state index is 12.9. The van der Waals surface area contributed by atoms with E-state index in [0.29, 0.717) is 23.0 Å². The van der Waals surface area contributed by atoms with Crippen molar-refractivity contribution >= 4 is 56.4 Å². The second kappa shape index (κ2) is 11.8. The van der Waals surface area contributed by atoms with Gasteiger partial charge in [-0.15, -0.1) is 0 Å². The molecule has 14 heteroatoms. The normalized spacial score (nSPS) is 14.3. The number of rotatable bonds is 9. The molecular weight excluding hydrogens is 574 g/mol. The number of benzene rings is 3. The van der Waals surface area contributed by atoms with Crippen LogP contribution in [0.3, 0.4) is 0 Å². The number of carbonyl (C=O) groups is 3. The number of amides is 3. The first-order valence-corrected chi connectivity index (χ1v) is 14.1. The van der Waals surface area contributed by atoms with Gasteiger partial charge >= 0.3 is 10.1 Å². The number of anilines is 1. The first-order valence-electron chi connectivity index (χ1n) is 11.9. The van der Waals surface area contributed by atoms with Crippen LogP contribution in [-0.2, 0) is 19.7 Å². The zero-order chi connectivity index (χ0) is 29.9. The lowest BCUT2D eigenvalue weighted by molar-refractivity contribution is -0.387. The van der Waals surface area contributed by atoms with Gasteiger partial charge in [-0.2, -0.15) is 8.42 Å². The van der Waals surface area contributed by atoms with Gasteiger partial charge < -0.3 is 14.2 Å². The van der Waals surface area contributed by atoms with Gasteiger partial charge in [0.1, 0.15) is 6.54 Å². The maximum Gasteiger partial charge on any atom is 0.346 e. The zero-order valence-corrected chi connectivity index (χ0v) is 23.6. The predicted molar refractivity (Wildman–Crippen MR) is 151 cm³/mol. The van der Waals surface area contributed by atoms with Crippen molar-refractivity contribution in [1.29, 1.82) is 0 Å². The van der Waals surface area contributed by atoms with Crippen LogP contribution in [0.25, 0.3) is 6.08 Å². The van der Waals surface area contributed by atoms with E-state index in [1.807, 2.05) is 26.0 Å². The number of methoxy groups -OCH3 is 1. The molecule has 41 heavy (non-hydrogen) atoms. The van der Waals surface area contributed by atoms with Crippen LogP contribution in [0.1, 0.15) is 16.7 Å². The molecule has 0 bridgehead atoms. The lowest BCUT2D eigenvalue weighted by atomic mass is 10.1. The molecule has 0 aliphatic carbocycles. The number of carbonyl (C=O) groups excluding carboxylic acids is 3. The third kappa shape index (κ3) is 6.56. The molecule has 3 aromatic carbocycles. The number of ether oxygens (including phenoxy) is 1. The van der Waals surface area contributed by atoms with Gasteiger partial charge in [-0.05, 0) is 67.1 Å². The largest absolute Gasteiger partial charge is 0.493 e. The molecule has 212 valence electrons. The standard InChI is InChI=1S/C27H23N3O9S2/c1-16-8-10-19(17(2)12-16)28-25(31)15-29-26(32)23(40-27(29)33)14-18-9-11-21(22(13-18)38-3)39-41(36,37)24-7-5-4-6-20(24)30(34)35/h4-14H,15H2,1-3H3,(H,28,31)/b23-14-. The molecule has 1 saturated heterocycles. The van der Waals surface area contributed by atoms with E-state index < -0.39 is 49.2 Å². The summed E-state index contributed by atoms with van der Waals surface area (Å²) in [5.41, 5.74) is 2.14. The van der Waals surface area contributed by atoms with Crippen LogP contribution >= 0.6 is 11.8 Å². The summed E-state index contributed by atoms with van der Waals surface area (Å²) in [7, 11) is -3.35. The summed E-state index contributed by atoms with van der Waals surface area (Å²) in [6.45, 7) is 3.27. The molecule has 4 rings (SSSR count). The van der Waals surface area contributed by atoms with Gasteiger partial charge in [0.2, 0.25) is 5.91 Å². The van der Waals surface area contributed by atoms with E-state index in [2.05, 4.69) is 5.32 Å². The highest BCUT2D eigenvalue weighted by Crippen LogP contribution is 2.36. The van der Waals surface area contributed by atoms with Crippen molar-refractivity contribution in [2.24, 2.45) is 0 Å². The number of thioether (sulfide) groups is 1. The quantitative estimate of drug-likeness (QED) is 0.159. The van der Waals surface area contributed by atoms with Gasteiger partial charge in [-0.3, -0.25) is 29.4 Å². The van der Waals surface area contributed by atoms with Crippen LogP contribution in [-0.4, -0.2) is 48.9 Å². The summed E-state index contributed by atoms with van der Waals surface area (Å²) in [5, 5.41) is 13.3. The van der Waals surface area contributed by atoms with E-state index in [9.17, 15) is 32.9 Å². The molecule has 1 N–H and O–H groups in total. The molecule has 0 spiro atoms. The van der Waals surface area contributed by atoms with Crippen molar-refractivity contribution in [2.75, 3.05) is 19.0 Å². The van der Waals surface area contributed by atoms with Gasteiger partial charge in [-0.1, -0.05) is 35.9 Å². The van der Waals surface area contributed by atoms with Gasteiger partial charge in [0, 0.05) is 11.8 Å². The van der Waals surface area contributed by atoms with E-state index in [4.69, 9.17) is 8.92 Å². The molecule has 1 aliphatic heterocycles. The van der Waals surface area contributed by atoms with Crippen molar-refractivity contribution < 1.29 is 36.6 Å². The minimum atomic E-state index is -4.60. The Morgan fingerprint density at radius 1 is 1.07 bits per heavy atom.